The van der Waals surface area contributed by atoms with Gasteiger partial charge < -0.3 is 10.1 Å². The monoisotopic (exact) mass is 387 g/mol. The summed E-state index contributed by atoms with van der Waals surface area (Å²) in [6.45, 7) is 6.14. The molecule has 0 saturated heterocycles. The number of hydrogen-bond acceptors (Lipinski definition) is 6. The Balaban J connectivity index is 1.75. The van der Waals surface area contributed by atoms with Gasteiger partial charge in [0.15, 0.2) is 0 Å². The molecule has 1 amide bonds. The lowest BCUT2D eigenvalue weighted by atomic mass is 10.1. The third-order valence-electron chi connectivity index (χ3n) is 4.00. The van der Waals surface area contributed by atoms with Gasteiger partial charge in [-0.3, -0.25) is 4.79 Å². The average Bonchev–Trinajstić information content (AvgIpc) is 2.95. The maximum atomic E-state index is 12.3. The van der Waals surface area contributed by atoms with Crippen molar-refractivity contribution < 1.29 is 9.53 Å². The van der Waals surface area contributed by atoms with Crippen molar-refractivity contribution in [1.82, 2.24) is 9.97 Å². The number of rotatable bonds is 6. The van der Waals surface area contributed by atoms with Crippen molar-refractivity contribution in [2.75, 3.05) is 18.2 Å². The van der Waals surface area contributed by atoms with Crippen molar-refractivity contribution in [3.63, 3.8) is 0 Å². The molecular formula is C19H21N3O2S2. The fourth-order valence-electron chi connectivity index (χ4n) is 2.77. The van der Waals surface area contributed by atoms with E-state index in [9.17, 15) is 4.79 Å². The molecule has 2 heterocycles. The van der Waals surface area contributed by atoms with Gasteiger partial charge >= 0.3 is 0 Å². The number of carbonyl (C=O) groups is 1. The highest BCUT2D eigenvalue weighted by Crippen LogP contribution is 2.36. The smallest absolute Gasteiger partial charge is 0.234 e. The van der Waals surface area contributed by atoms with Gasteiger partial charge in [0.2, 0.25) is 5.91 Å². The summed E-state index contributed by atoms with van der Waals surface area (Å²) in [5, 5.41) is 4.89. The average molecular weight is 388 g/mol. The molecule has 0 fully saturated rings. The molecule has 0 aliphatic carbocycles. The number of thiophene rings is 1. The van der Waals surface area contributed by atoms with Gasteiger partial charge in [-0.2, -0.15) is 0 Å². The number of aromatic nitrogens is 2. The summed E-state index contributed by atoms with van der Waals surface area (Å²) in [7, 11) is 1.62. The maximum Gasteiger partial charge on any atom is 0.234 e. The first kappa shape index (κ1) is 18.7. The number of ether oxygens (including phenoxy) is 1. The maximum absolute atomic E-state index is 12.3. The molecule has 1 aromatic carbocycles. The van der Waals surface area contributed by atoms with Crippen LogP contribution >= 0.6 is 23.1 Å². The fraction of sp³-hybridized carbons (Fsp3) is 0.316. The first-order valence-electron chi connectivity index (χ1n) is 8.35. The molecule has 26 heavy (non-hydrogen) atoms. The molecule has 0 aliphatic heterocycles. The largest absolute Gasteiger partial charge is 0.497 e. The molecule has 7 heteroatoms. The first-order chi connectivity index (χ1) is 12.5. The highest BCUT2D eigenvalue weighted by Gasteiger charge is 2.16. The molecule has 0 radical (unpaired) electrons. The number of methoxy groups -OCH3 is 1. The van der Waals surface area contributed by atoms with Crippen LogP contribution in [-0.2, 0) is 11.2 Å². The van der Waals surface area contributed by atoms with Gasteiger partial charge in [-0.25, -0.2) is 9.97 Å². The van der Waals surface area contributed by atoms with Gasteiger partial charge in [-0.05, 0) is 50.1 Å². The van der Waals surface area contributed by atoms with E-state index in [4.69, 9.17) is 4.74 Å². The van der Waals surface area contributed by atoms with Crippen LogP contribution in [0.2, 0.25) is 0 Å². The second kappa shape index (κ2) is 8.05. The van der Waals surface area contributed by atoms with Crippen molar-refractivity contribution in [3.05, 3.63) is 40.5 Å². The van der Waals surface area contributed by atoms with Crippen molar-refractivity contribution in [2.24, 2.45) is 0 Å². The first-order valence-corrected chi connectivity index (χ1v) is 10.1. The molecule has 0 spiro atoms. The summed E-state index contributed by atoms with van der Waals surface area (Å²) in [4.78, 5) is 23.7. The molecule has 0 bridgehead atoms. The summed E-state index contributed by atoms with van der Waals surface area (Å²) in [6.07, 6.45) is 0.934. The van der Waals surface area contributed by atoms with Crippen LogP contribution in [0.5, 0.6) is 5.75 Å². The normalized spacial score (nSPS) is 10.9. The summed E-state index contributed by atoms with van der Waals surface area (Å²) in [5.41, 5.74) is 2.03. The molecule has 5 nitrogen and oxygen atoms in total. The number of carbonyl (C=O) groups excluding carboxylic acids is 1. The van der Waals surface area contributed by atoms with Crippen LogP contribution in [0.1, 0.15) is 23.2 Å². The molecule has 0 aliphatic rings. The SMILES string of the molecule is CCc1c(C)sc2nc(C)nc(SCC(=O)Nc3ccc(OC)cc3)c12. The minimum atomic E-state index is -0.0606. The molecule has 3 rings (SSSR count). The summed E-state index contributed by atoms with van der Waals surface area (Å²) < 4.78 is 5.13. The van der Waals surface area contributed by atoms with E-state index < -0.39 is 0 Å². The third-order valence-corrected chi connectivity index (χ3v) is 6.01. The summed E-state index contributed by atoms with van der Waals surface area (Å²) >= 11 is 3.16. The lowest BCUT2D eigenvalue weighted by molar-refractivity contribution is -0.113. The van der Waals surface area contributed by atoms with Gasteiger partial charge in [-0.1, -0.05) is 18.7 Å². The molecule has 3 aromatic rings. The number of fused-ring (bicyclic) bond motifs is 1. The van der Waals surface area contributed by atoms with Gasteiger partial charge in [0.05, 0.1) is 12.9 Å². The number of nitrogens with zero attached hydrogens (tertiary/aromatic N) is 2. The minimum absolute atomic E-state index is 0.0606. The zero-order valence-corrected chi connectivity index (χ0v) is 16.9. The lowest BCUT2D eigenvalue weighted by Gasteiger charge is -2.08. The molecule has 1 N–H and O–H groups in total. The Kier molecular flexibility index (Phi) is 5.78. The van der Waals surface area contributed by atoms with Crippen LogP contribution in [-0.4, -0.2) is 28.7 Å². The summed E-state index contributed by atoms with van der Waals surface area (Å²) in [5.74, 6) is 1.74. The van der Waals surface area contributed by atoms with Crippen molar-refractivity contribution in [3.8, 4) is 5.75 Å². The Labute approximate surface area is 161 Å². The standard InChI is InChI=1S/C19H21N3O2S2/c1-5-15-11(2)26-19-17(15)18(20-12(3)21-19)25-10-16(23)22-13-6-8-14(24-4)9-7-13/h6-9H,5,10H2,1-4H3,(H,22,23). The Bertz CT molecular complexity index is 936. The number of benzene rings is 1. The summed E-state index contributed by atoms with van der Waals surface area (Å²) in [6, 6.07) is 7.29. The predicted octanol–water partition coefficient (Wildman–Crippen LogP) is 4.61. The molecule has 0 unspecified atom stereocenters. The fourth-order valence-corrected chi connectivity index (χ4v) is 4.90. The number of nitrogens with one attached hydrogen (secondary N) is 1. The Morgan fingerprint density at radius 1 is 1.23 bits per heavy atom. The minimum Gasteiger partial charge on any atom is -0.497 e. The van der Waals surface area contributed by atoms with Crippen LogP contribution in [0.3, 0.4) is 0 Å². The van der Waals surface area contributed by atoms with Crippen molar-refractivity contribution in [2.45, 2.75) is 32.2 Å². The molecule has 2 aromatic heterocycles. The van der Waals surface area contributed by atoms with E-state index in [2.05, 4.69) is 29.1 Å². The van der Waals surface area contributed by atoms with Crippen LogP contribution in [0.4, 0.5) is 5.69 Å². The number of thioether (sulfide) groups is 1. The van der Waals surface area contributed by atoms with Crippen LogP contribution in [0, 0.1) is 13.8 Å². The quantitative estimate of drug-likeness (QED) is 0.494. The predicted molar refractivity (Wildman–Crippen MR) is 109 cm³/mol. The van der Waals surface area contributed by atoms with Crippen molar-refractivity contribution >= 4 is 44.9 Å². The Morgan fingerprint density at radius 3 is 2.62 bits per heavy atom. The van der Waals surface area contributed by atoms with E-state index in [1.54, 1.807) is 18.4 Å². The number of aryl methyl sites for hydroxylation is 3. The molecule has 136 valence electrons. The van der Waals surface area contributed by atoms with Gasteiger partial charge in [0.1, 0.15) is 21.4 Å². The molecule has 0 atom stereocenters. The highest BCUT2D eigenvalue weighted by atomic mass is 32.2. The highest BCUT2D eigenvalue weighted by molar-refractivity contribution is 8.00. The van der Waals surface area contributed by atoms with E-state index in [-0.39, 0.29) is 5.91 Å². The van der Waals surface area contributed by atoms with E-state index >= 15 is 0 Å². The Morgan fingerprint density at radius 2 is 1.96 bits per heavy atom. The third kappa shape index (κ3) is 3.99. The van der Waals surface area contributed by atoms with Crippen LogP contribution in [0.15, 0.2) is 29.3 Å². The molecule has 0 saturated carbocycles. The lowest BCUT2D eigenvalue weighted by Crippen LogP contribution is -2.14. The van der Waals surface area contributed by atoms with Crippen molar-refractivity contribution in [1.29, 1.82) is 0 Å². The van der Waals surface area contributed by atoms with E-state index in [0.717, 1.165) is 38.9 Å². The van der Waals surface area contributed by atoms with Gasteiger partial charge in [0, 0.05) is 16.0 Å². The number of hydrogen-bond donors (Lipinski definition) is 1. The molecular weight excluding hydrogens is 366 g/mol. The zero-order valence-electron chi connectivity index (χ0n) is 15.3. The number of amides is 1. The van der Waals surface area contributed by atoms with Crippen LogP contribution in [0.25, 0.3) is 10.2 Å². The second-order valence-corrected chi connectivity index (χ2v) is 7.98. The van der Waals surface area contributed by atoms with E-state index in [1.165, 1.54) is 22.2 Å². The zero-order chi connectivity index (χ0) is 18.7. The Hall–Kier alpha value is -2.12. The second-order valence-electron chi connectivity index (χ2n) is 5.81. The van der Waals surface area contributed by atoms with Crippen LogP contribution < -0.4 is 10.1 Å². The van der Waals surface area contributed by atoms with E-state index in [1.807, 2.05) is 31.2 Å². The number of anilines is 1. The van der Waals surface area contributed by atoms with E-state index in [0.29, 0.717) is 5.75 Å². The topological polar surface area (TPSA) is 64.1 Å². The van der Waals surface area contributed by atoms with Gasteiger partial charge in [-0.15, -0.1) is 11.3 Å². The van der Waals surface area contributed by atoms with Gasteiger partial charge in [0.25, 0.3) is 0 Å².